The lowest BCUT2D eigenvalue weighted by molar-refractivity contribution is 0.101. The molecule has 0 radical (unpaired) electrons. The summed E-state index contributed by atoms with van der Waals surface area (Å²) in [5, 5.41) is 9.92. The molecule has 2 aromatic carbocycles. The Kier molecular flexibility index (Phi) is 3.16. The SMILES string of the molecule is C#Cc1cccc(O)c1-c1cccc(C(C)=O)c1. The minimum absolute atomic E-state index is 0.0190. The summed E-state index contributed by atoms with van der Waals surface area (Å²) < 4.78 is 0. The number of rotatable bonds is 2. The van der Waals surface area contributed by atoms with Crippen molar-refractivity contribution in [1.82, 2.24) is 0 Å². The molecule has 2 aromatic rings. The highest BCUT2D eigenvalue weighted by Gasteiger charge is 2.10. The molecule has 0 aliphatic carbocycles. The van der Waals surface area contributed by atoms with E-state index in [0.29, 0.717) is 16.7 Å². The molecule has 0 aliphatic rings. The van der Waals surface area contributed by atoms with Gasteiger partial charge < -0.3 is 5.11 Å². The van der Waals surface area contributed by atoms with Gasteiger partial charge in [-0.05, 0) is 30.7 Å². The van der Waals surface area contributed by atoms with Gasteiger partial charge in [0.05, 0.1) is 0 Å². The lowest BCUT2D eigenvalue weighted by Crippen LogP contribution is -1.93. The highest BCUT2D eigenvalue weighted by atomic mass is 16.3. The summed E-state index contributed by atoms with van der Waals surface area (Å²) in [6, 6.07) is 12.1. The average molecular weight is 236 g/mol. The highest BCUT2D eigenvalue weighted by molar-refractivity contribution is 5.95. The van der Waals surface area contributed by atoms with Crippen LogP contribution in [-0.4, -0.2) is 10.9 Å². The smallest absolute Gasteiger partial charge is 0.159 e. The first-order valence-corrected chi connectivity index (χ1v) is 5.53. The summed E-state index contributed by atoms with van der Waals surface area (Å²) in [6.07, 6.45) is 5.43. The fourth-order valence-corrected chi connectivity index (χ4v) is 1.86. The van der Waals surface area contributed by atoms with E-state index in [1.165, 1.54) is 6.92 Å². The Labute approximate surface area is 106 Å². The van der Waals surface area contributed by atoms with Crippen LogP contribution >= 0.6 is 0 Å². The second-order valence-corrected chi connectivity index (χ2v) is 3.98. The molecule has 0 bridgehead atoms. The molecule has 88 valence electrons. The number of ketones is 1. The standard InChI is InChI=1S/C16H12O2/c1-3-12-6-5-9-15(18)16(12)14-8-4-7-13(10-14)11(2)17/h1,4-10,18H,2H3. The summed E-state index contributed by atoms with van der Waals surface area (Å²) >= 11 is 0. The summed E-state index contributed by atoms with van der Waals surface area (Å²) in [5.41, 5.74) is 2.53. The summed E-state index contributed by atoms with van der Waals surface area (Å²) in [4.78, 5) is 11.4. The number of Topliss-reactive ketones (excluding diaryl/α,β-unsaturated/α-hetero) is 1. The zero-order chi connectivity index (χ0) is 13.1. The Morgan fingerprint density at radius 3 is 2.61 bits per heavy atom. The van der Waals surface area contributed by atoms with E-state index < -0.39 is 0 Å². The molecule has 2 heteroatoms. The van der Waals surface area contributed by atoms with Crippen molar-refractivity contribution in [2.24, 2.45) is 0 Å². The normalized spacial score (nSPS) is 9.78. The predicted molar refractivity (Wildman–Crippen MR) is 71.5 cm³/mol. The molecular weight excluding hydrogens is 224 g/mol. The van der Waals surface area contributed by atoms with E-state index in [1.807, 2.05) is 6.07 Å². The second-order valence-electron chi connectivity index (χ2n) is 3.98. The zero-order valence-corrected chi connectivity index (χ0v) is 9.97. The molecule has 1 N–H and O–H groups in total. The van der Waals surface area contributed by atoms with Crippen molar-refractivity contribution in [3.05, 3.63) is 53.6 Å². The molecule has 0 spiro atoms. The van der Waals surface area contributed by atoms with Gasteiger partial charge in [0.2, 0.25) is 0 Å². The Morgan fingerprint density at radius 2 is 1.94 bits per heavy atom. The molecule has 2 rings (SSSR count). The van der Waals surface area contributed by atoms with Gasteiger partial charge in [0.1, 0.15) is 5.75 Å². The van der Waals surface area contributed by atoms with E-state index in [0.717, 1.165) is 5.56 Å². The number of terminal acetylenes is 1. The van der Waals surface area contributed by atoms with Gasteiger partial charge in [-0.25, -0.2) is 0 Å². The van der Waals surface area contributed by atoms with Gasteiger partial charge >= 0.3 is 0 Å². The number of carbonyl (C=O) groups is 1. The third-order valence-electron chi connectivity index (χ3n) is 2.76. The van der Waals surface area contributed by atoms with Crippen molar-refractivity contribution in [3.63, 3.8) is 0 Å². The molecule has 0 aromatic heterocycles. The molecule has 18 heavy (non-hydrogen) atoms. The van der Waals surface area contributed by atoms with Gasteiger partial charge in [-0.2, -0.15) is 0 Å². The minimum Gasteiger partial charge on any atom is -0.507 e. The van der Waals surface area contributed by atoms with E-state index in [-0.39, 0.29) is 11.5 Å². The summed E-state index contributed by atoms with van der Waals surface area (Å²) in [6.45, 7) is 1.51. The average Bonchev–Trinajstić information content (AvgIpc) is 2.38. The quantitative estimate of drug-likeness (QED) is 0.642. The molecule has 2 nitrogen and oxygen atoms in total. The van der Waals surface area contributed by atoms with Crippen LogP contribution in [0.2, 0.25) is 0 Å². The van der Waals surface area contributed by atoms with Crippen LogP contribution in [0.15, 0.2) is 42.5 Å². The van der Waals surface area contributed by atoms with E-state index in [4.69, 9.17) is 6.42 Å². The maximum Gasteiger partial charge on any atom is 0.159 e. The van der Waals surface area contributed by atoms with Crippen LogP contribution in [0.3, 0.4) is 0 Å². The van der Waals surface area contributed by atoms with Gasteiger partial charge in [-0.15, -0.1) is 6.42 Å². The van der Waals surface area contributed by atoms with Crippen molar-refractivity contribution >= 4 is 5.78 Å². The monoisotopic (exact) mass is 236 g/mol. The van der Waals surface area contributed by atoms with Crippen molar-refractivity contribution in [3.8, 4) is 29.2 Å². The van der Waals surface area contributed by atoms with Crippen LogP contribution in [0.25, 0.3) is 11.1 Å². The Hall–Kier alpha value is -2.53. The van der Waals surface area contributed by atoms with Gasteiger partial charge in [0.15, 0.2) is 5.78 Å². The third-order valence-corrected chi connectivity index (χ3v) is 2.76. The van der Waals surface area contributed by atoms with Crippen LogP contribution in [0.4, 0.5) is 0 Å². The van der Waals surface area contributed by atoms with Crippen LogP contribution in [0.5, 0.6) is 5.75 Å². The number of phenols is 1. The number of hydrogen-bond donors (Lipinski definition) is 1. The van der Waals surface area contributed by atoms with Crippen LogP contribution < -0.4 is 0 Å². The highest BCUT2D eigenvalue weighted by Crippen LogP contribution is 2.32. The fourth-order valence-electron chi connectivity index (χ4n) is 1.86. The van der Waals surface area contributed by atoms with Gasteiger partial charge in [-0.3, -0.25) is 4.79 Å². The molecule has 0 amide bonds. The van der Waals surface area contributed by atoms with Crippen molar-refractivity contribution in [1.29, 1.82) is 0 Å². The molecule has 0 unspecified atom stereocenters. The minimum atomic E-state index is -0.0190. The number of hydrogen-bond acceptors (Lipinski definition) is 2. The van der Waals surface area contributed by atoms with Gasteiger partial charge in [0, 0.05) is 16.7 Å². The molecular formula is C16H12O2. The third kappa shape index (κ3) is 2.11. The topological polar surface area (TPSA) is 37.3 Å². The number of aromatic hydroxyl groups is 1. The largest absolute Gasteiger partial charge is 0.507 e. The Bertz CT molecular complexity index is 648. The first-order valence-electron chi connectivity index (χ1n) is 5.53. The molecule has 0 saturated carbocycles. The van der Waals surface area contributed by atoms with Crippen LogP contribution in [0.1, 0.15) is 22.8 Å². The van der Waals surface area contributed by atoms with Gasteiger partial charge in [-0.1, -0.05) is 30.2 Å². The first-order chi connectivity index (χ1) is 8.63. The first kappa shape index (κ1) is 11.9. The van der Waals surface area contributed by atoms with Crippen molar-refractivity contribution < 1.29 is 9.90 Å². The lowest BCUT2D eigenvalue weighted by atomic mass is 9.96. The zero-order valence-electron chi connectivity index (χ0n) is 9.97. The summed E-state index contributed by atoms with van der Waals surface area (Å²) in [7, 11) is 0. The maximum atomic E-state index is 11.4. The molecule has 0 heterocycles. The van der Waals surface area contributed by atoms with Crippen LogP contribution in [-0.2, 0) is 0 Å². The molecule has 0 atom stereocenters. The number of carbonyl (C=O) groups excluding carboxylic acids is 1. The van der Waals surface area contributed by atoms with E-state index in [9.17, 15) is 9.90 Å². The molecule has 0 aliphatic heterocycles. The second kappa shape index (κ2) is 4.77. The van der Waals surface area contributed by atoms with E-state index in [2.05, 4.69) is 5.92 Å². The van der Waals surface area contributed by atoms with Crippen molar-refractivity contribution in [2.45, 2.75) is 6.92 Å². The van der Waals surface area contributed by atoms with E-state index >= 15 is 0 Å². The fraction of sp³-hybridized carbons (Fsp3) is 0.0625. The van der Waals surface area contributed by atoms with Crippen LogP contribution in [0, 0.1) is 12.3 Å². The number of phenolic OH excluding ortho intramolecular Hbond substituents is 1. The van der Waals surface area contributed by atoms with E-state index in [1.54, 1.807) is 36.4 Å². The maximum absolute atomic E-state index is 11.4. The molecule has 0 saturated heterocycles. The summed E-state index contributed by atoms with van der Waals surface area (Å²) in [5.74, 6) is 2.64. The van der Waals surface area contributed by atoms with Gasteiger partial charge in [0.25, 0.3) is 0 Å². The Morgan fingerprint density at radius 1 is 1.22 bits per heavy atom. The number of benzene rings is 2. The molecule has 0 fully saturated rings. The lowest BCUT2D eigenvalue weighted by Gasteiger charge is -2.08. The predicted octanol–water partition coefficient (Wildman–Crippen LogP) is 3.24. The van der Waals surface area contributed by atoms with Crippen molar-refractivity contribution in [2.75, 3.05) is 0 Å². The Balaban J connectivity index is 2.66.